The molecular weight excluding hydrogens is 342 g/mol. The fourth-order valence-corrected chi connectivity index (χ4v) is 4.26. The van der Waals surface area contributed by atoms with Crippen LogP contribution in [0, 0.1) is 0 Å². The number of carbonyl (C=O) groups is 2. The summed E-state index contributed by atoms with van der Waals surface area (Å²) in [5, 5.41) is 11.6. The summed E-state index contributed by atoms with van der Waals surface area (Å²) in [4.78, 5) is 27.4. The summed E-state index contributed by atoms with van der Waals surface area (Å²) >= 11 is 3.21. The van der Waals surface area contributed by atoms with Crippen molar-refractivity contribution in [2.75, 3.05) is 19.6 Å². The highest BCUT2D eigenvalue weighted by molar-refractivity contribution is 7.09. The number of likely N-dealkylation sites (tertiary alicyclic amines) is 1. The Bertz CT molecular complexity index is 649. The topological polar surface area (TPSA) is 61.4 Å². The third kappa shape index (κ3) is 4.43. The summed E-state index contributed by atoms with van der Waals surface area (Å²) in [5.41, 5.74) is 1.21. The van der Waals surface area contributed by atoms with Gasteiger partial charge in [0.25, 0.3) is 0 Å². The molecule has 0 saturated carbocycles. The normalized spacial score (nSPS) is 16.0. The Labute approximate surface area is 149 Å². The average molecular weight is 364 g/mol. The average Bonchev–Trinajstić information content (AvgIpc) is 3.35. The second-order valence-electron chi connectivity index (χ2n) is 5.79. The van der Waals surface area contributed by atoms with Gasteiger partial charge in [0.05, 0.1) is 12.6 Å². The highest BCUT2D eigenvalue weighted by Crippen LogP contribution is 2.26. The molecule has 2 amide bonds. The van der Waals surface area contributed by atoms with E-state index >= 15 is 0 Å². The Morgan fingerprint density at radius 2 is 1.92 bits per heavy atom. The molecule has 0 aliphatic carbocycles. The number of hydrogen-bond donors (Lipinski definition) is 2. The molecule has 1 aliphatic rings. The molecule has 1 unspecified atom stereocenters. The minimum absolute atomic E-state index is 0.146. The van der Waals surface area contributed by atoms with Crippen molar-refractivity contribution in [3.8, 4) is 0 Å². The fraction of sp³-hybridized carbons (Fsp3) is 0.412. The van der Waals surface area contributed by atoms with Gasteiger partial charge in [0.1, 0.15) is 0 Å². The first-order valence-corrected chi connectivity index (χ1v) is 9.91. The molecular formula is C17H21N3O2S2. The highest BCUT2D eigenvalue weighted by Gasteiger charge is 2.25. The number of rotatable bonds is 6. The molecule has 24 heavy (non-hydrogen) atoms. The number of hydrogen-bond acceptors (Lipinski definition) is 5. The number of carbonyl (C=O) groups excluding carboxylic acids is 2. The summed E-state index contributed by atoms with van der Waals surface area (Å²) < 4.78 is 0. The van der Waals surface area contributed by atoms with Crippen LogP contribution in [0.15, 0.2) is 34.3 Å². The zero-order chi connectivity index (χ0) is 16.8. The molecule has 1 atom stereocenters. The minimum Gasteiger partial charge on any atom is -0.346 e. The lowest BCUT2D eigenvalue weighted by atomic mass is 10.1. The van der Waals surface area contributed by atoms with E-state index in [1.807, 2.05) is 22.9 Å². The molecule has 0 bridgehead atoms. The van der Waals surface area contributed by atoms with Crippen molar-refractivity contribution in [2.24, 2.45) is 0 Å². The largest absolute Gasteiger partial charge is 0.346 e. The first-order chi connectivity index (χ1) is 11.7. The summed E-state index contributed by atoms with van der Waals surface area (Å²) in [5.74, 6) is -1.14. The summed E-state index contributed by atoms with van der Waals surface area (Å²) in [6.07, 6.45) is 2.38. The van der Waals surface area contributed by atoms with E-state index in [-0.39, 0.29) is 6.04 Å². The van der Waals surface area contributed by atoms with Gasteiger partial charge in [0, 0.05) is 11.4 Å². The predicted octanol–water partition coefficient (Wildman–Crippen LogP) is 2.38. The minimum atomic E-state index is -0.575. The van der Waals surface area contributed by atoms with Crippen LogP contribution in [-0.4, -0.2) is 36.3 Å². The molecule has 5 nitrogen and oxygen atoms in total. The maximum absolute atomic E-state index is 12.1. The molecule has 2 aromatic rings. The molecule has 2 aromatic heterocycles. The number of amides is 2. The lowest BCUT2D eigenvalue weighted by molar-refractivity contribution is -0.139. The molecule has 3 heterocycles. The molecule has 1 aliphatic heterocycles. The SMILES string of the molecule is O=C(NCc1cccs1)C(=O)NCC(c1ccsc1)N1CCCC1. The molecule has 1 fully saturated rings. The van der Waals surface area contributed by atoms with Crippen molar-refractivity contribution >= 4 is 34.5 Å². The molecule has 7 heteroatoms. The van der Waals surface area contributed by atoms with Crippen LogP contribution in [0.3, 0.4) is 0 Å². The maximum Gasteiger partial charge on any atom is 0.309 e. The molecule has 128 valence electrons. The van der Waals surface area contributed by atoms with Crippen molar-refractivity contribution in [3.05, 3.63) is 44.8 Å². The van der Waals surface area contributed by atoms with Crippen LogP contribution in [0.5, 0.6) is 0 Å². The summed E-state index contributed by atoms with van der Waals surface area (Å²) in [7, 11) is 0. The van der Waals surface area contributed by atoms with Crippen LogP contribution in [0.25, 0.3) is 0 Å². The Balaban J connectivity index is 1.51. The maximum atomic E-state index is 12.1. The van der Waals surface area contributed by atoms with E-state index in [0.29, 0.717) is 13.1 Å². The van der Waals surface area contributed by atoms with Crippen LogP contribution >= 0.6 is 22.7 Å². The number of nitrogens with one attached hydrogen (secondary N) is 2. The van der Waals surface area contributed by atoms with Crippen LogP contribution in [0.1, 0.15) is 29.3 Å². The molecule has 0 aromatic carbocycles. The third-order valence-electron chi connectivity index (χ3n) is 4.17. The fourth-order valence-electron chi connectivity index (χ4n) is 2.91. The van der Waals surface area contributed by atoms with Gasteiger partial charge in [0.15, 0.2) is 0 Å². The quantitative estimate of drug-likeness (QED) is 0.775. The molecule has 1 saturated heterocycles. The van der Waals surface area contributed by atoms with Crippen molar-refractivity contribution in [2.45, 2.75) is 25.4 Å². The van der Waals surface area contributed by atoms with Crippen molar-refractivity contribution < 1.29 is 9.59 Å². The number of nitrogens with zero attached hydrogens (tertiary/aromatic N) is 1. The summed E-state index contributed by atoms with van der Waals surface area (Å²) in [6.45, 7) is 2.94. The second-order valence-corrected chi connectivity index (χ2v) is 7.60. The van der Waals surface area contributed by atoms with E-state index in [1.54, 1.807) is 22.7 Å². The van der Waals surface area contributed by atoms with Gasteiger partial charge < -0.3 is 10.6 Å². The zero-order valence-electron chi connectivity index (χ0n) is 13.4. The molecule has 0 spiro atoms. The number of thiophene rings is 2. The highest BCUT2D eigenvalue weighted by atomic mass is 32.1. The van der Waals surface area contributed by atoms with E-state index < -0.39 is 11.8 Å². The van der Waals surface area contributed by atoms with E-state index in [1.165, 1.54) is 18.4 Å². The van der Waals surface area contributed by atoms with Gasteiger partial charge in [-0.2, -0.15) is 11.3 Å². The van der Waals surface area contributed by atoms with Gasteiger partial charge in [0.2, 0.25) is 0 Å². The van der Waals surface area contributed by atoms with Crippen LogP contribution in [-0.2, 0) is 16.1 Å². The molecule has 3 rings (SSSR count). The lowest BCUT2D eigenvalue weighted by Crippen LogP contribution is -2.43. The van der Waals surface area contributed by atoms with E-state index in [4.69, 9.17) is 0 Å². The summed E-state index contributed by atoms with van der Waals surface area (Å²) in [6, 6.07) is 6.10. The van der Waals surface area contributed by atoms with Gasteiger partial charge in [-0.1, -0.05) is 6.07 Å². The standard InChI is InChI=1S/C17H21N3O2S2/c21-16(18-10-14-4-3-8-24-14)17(22)19-11-15(13-5-9-23-12-13)20-6-1-2-7-20/h3-5,8-9,12,15H,1-2,6-7,10-11H2,(H,18,21)(H,19,22). The van der Waals surface area contributed by atoms with Gasteiger partial charge >= 0.3 is 11.8 Å². The van der Waals surface area contributed by atoms with Crippen molar-refractivity contribution in [3.63, 3.8) is 0 Å². The van der Waals surface area contributed by atoms with E-state index in [2.05, 4.69) is 27.0 Å². The smallest absolute Gasteiger partial charge is 0.309 e. The van der Waals surface area contributed by atoms with Crippen LogP contribution < -0.4 is 10.6 Å². The Kier molecular flexibility index (Phi) is 6.01. The van der Waals surface area contributed by atoms with Gasteiger partial charge in [-0.3, -0.25) is 14.5 Å². The Morgan fingerprint density at radius 1 is 1.12 bits per heavy atom. The molecule has 2 N–H and O–H groups in total. The van der Waals surface area contributed by atoms with Gasteiger partial charge in [-0.25, -0.2) is 0 Å². The van der Waals surface area contributed by atoms with Crippen molar-refractivity contribution in [1.29, 1.82) is 0 Å². The van der Waals surface area contributed by atoms with E-state index in [0.717, 1.165) is 18.0 Å². The first kappa shape index (κ1) is 17.1. The van der Waals surface area contributed by atoms with Crippen LogP contribution in [0.2, 0.25) is 0 Å². The van der Waals surface area contributed by atoms with Crippen molar-refractivity contribution in [1.82, 2.24) is 15.5 Å². The third-order valence-corrected chi connectivity index (χ3v) is 5.75. The van der Waals surface area contributed by atoms with E-state index in [9.17, 15) is 9.59 Å². The monoisotopic (exact) mass is 363 g/mol. The van der Waals surface area contributed by atoms with Gasteiger partial charge in [-0.15, -0.1) is 11.3 Å². The first-order valence-electron chi connectivity index (χ1n) is 8.08. The lowest BCUT2D eigenvalue weighted by Gasteiger charge is -2.27. The zero-order valence-corrected chi connectivity index (χ0v) is 15.0. The Hall–Kier alpha value is -1.70. The van der Waals surface area contributed by atoms with Gasteiger partial charge in [-0.05, 0) is 59.8 Å². The van der Waals surface area contributed by atoms with Crippen LogP contribution in [0.4, 0.5) is 0 Å². The Morgan fingerprint density at radius 3 is 2.58 bits per heavy atom. The molecule has 0 radical (unpaired) electrons. The predicted molar refractivity (Wildman–Crippen MR) is 97.0 cm³/mol. The second kappa shape index (κ2) is 8.41.